The third-order valence-electron chi connectivity index (χ3n) is 7.53. The number of anilines is 1. The van der Waals surface area contributed by atoms with Crippen molar-refractivity contribution in [3.05, 3.63) is 156 Å². The second-order valence-corrected chi connectivity index (χ2v) is 9.85. The molecule has 4 aromatic carbocycles. The highest BCUT2D eigenvalue weighted by molar-refractivity contribution is 5.85. The Morgan fingerprint density at radius 3 is 2.05 bits per heavy atom. The van der Waals surface area contributed by atoms with Crippen LogP contribution in [0.3, 0.4) is 0 Å². The van der Waals surface area contributed by atoms with Gasteiger partial charge in [0.05, 0.1) is 17.8 Å². The SMILES string of the molecule is CN1C=CN(c2cccc(Oc3cccc(C4(c5ccccn5)c5ccccc5-c5ccccc54)c3)c2)C1. The van der Waals surface area contributed by atoms with Crippen LogP contribution in [0.15, 0.2) is 134 Å². The summed E-state index contributed by atoms with van der Waals surface area (Å²) in [6.45, 7) is 0.824. The quantitative estimate of drug-likeness (QED) is 0.250. The van der Waals surface area contributed by atoms with Gasteiger partial charge in [-0.15, -0.1) is 0 Å². The van der Waals surface area contributed by atoms with Gasteiger partial charge in [0.15, 0.2) is 0 Å². The van der Waals surface area contributed by atoms with E-state index in [1.807, 2.05) is 30.5 Å². The zero-order valence-corrected chi connectivity index (χ0v) is 21.2. The number of aromatic nitrogens is 1. The van der Waals surface area contributed by atoms with Crippen molar-refractivity contribution in [2.45, 2.75) is 5.41 Å². The zero-order valence-electron chi connectivity index (χ0n) is 21.2. The molecule has 1 aliphatic heterocycles. The van der Waals surface area contributed by atoms with Crippen molar-refractivity contribution in [2.24, 2.45) is 0 Å². The van der Waals surface area contributed by atoms with Gasteiger partial charge in [0.2, 0.25) is 0 Å². The number of hydrogen-bond acceptors (Lipinski definition) is 4. The van der Waals surface area contributed by atoms with Crippen molar-refractivity contribution in [1.82, 2.24) is 9.88 Å². The first-order valence-electron chi connectivity index (χ1n) is 12.9. The van der Waals surface area contributed by atoms with Crippen LogP contribution in [0.1, 0.15) is 22.4 Å². The van der Waals surface area contributed by atoms with Gasteiger partial charge in [0.1, 0.15) is 11.5 Å². The van der Waals surface area contributed by atoms with Crippen LogP contribution in [-0.2, 0) is 5.41 Å². The first-order valence-corrected chi connectivity index (χ1v) is 12.9. The molecule has 1 aromatic heterocycles. The predicted octanol–water partition coefficient (Wildman–Crippen LogP) is 7.42. The van der Waals surface area contributed by atoms with E-state index in [2.05, 4.69) is 120 Å². The third-order valence-corrected chi connectivity index (χ3v) is 7.53. The van der Waals surface area contributed by atoms with Crippen LogP contribution < -0.4 is 9.64 Å². The number of pyridine rings is 1. The first kappa shape index (κ1) is 22.4. The van der Waals surface area contributed by atoms with E-state index in [-0.39, 0.29) is 0 Å². The molecule has 0 saturated heterocycles. The molecule has 0 spiro atoms. The Bertz CT molecular complexity index is 1610. The molecule has 0 radical (unpaired) electrons. The number of hydrogen-bond donors (Lipinski definition) is 0. The maximum atomic E-state index is 6.48. The molecule has 38 heavy (non-hydrogen) atoms. The van der Waals surface area contributed by atoms with E-state index in [1.165, 1.54) is 22.3 Å². The van der Waals surface area contributed by atoms with Crippen molar-refractivity contribution < 1.29 is 4.74 Å². The van der Waals surface area contributed by atoms with Gasteiger partial charge in [-0.1, -0.05) is 72.8 Å². The predicted molar refractivity (Wildman–Crippen MR) is 152 cm³/mol. The minimum Gasteiger partial charge on any atom is -0.457 e. The van der Waals surface area contributed by atoms with Gasteiger partial charge in [-0.3, -0.25) is 4.98 Å². The van der Waals surface area contributed by atoms with Crippen LogP contribution in [0.2, 0.25) is 0 Å². The summed E-state index contributed by atoms with van der Waals surface area (Å²) in [5.74, 6) is 1.60. The Hall–Kier alpha value is -4.83. The zero-order chi connectivity index (χ0) is 25.5. The van der Waals surface area contributed by atoms with Crippen LogP contribution in [-0.4, -0.2) is 23.6 Å². The average molecular weight is 494 g/mol. The van der Waals surface area contributed by atoms with Gasteiger partial charge in [-0.2, -0.15) is 0 Å². The molecule has 0 saturated carbocycles. The number of rotatable bonds is 5. The van der Waals surface area contributed by atoms with Crippen molar-refractivity contribution >= 4 is 5.69 Å². The minimum atomic E-state index is -0.541. The molecule has 0 fully saturated rings. The lowest BCUT2D eigenvalue weighted by Crippen LogP contribution is -2.29. The summed E-state index contributed by atoms with van der Waals surface area (Å²) in [6.07, 6.45) is 6.05. The second-order valence-electron chi connectivity index (χ2n) is 9.85. The van der Waals surface area contributed by atoms with Gasteiger partial charge in [0, 0.05) is 37.4 Å². The summed E-state index contributed by atoms with van der Waals surface area (Å²) in [5, 5.41) is 0. The highest BCUT2D eigenvalue weighted by Gasteiger charge is 2.47. The van der Waals surface area contributed by atoms with E-state index in [0.29, 0.717) is 0 Å². The maximum Gasteiger partial charge on any atom is 0.129 e. The molecular formula is C34H27N3O. The lowest BCUT2D eigenvalue weighted by Gasteiger charge is -2.32. The molecule has 4 nitrogen and oxygen atoms in total. The first-order chi connectivity index (χ1) is 18.7. The molecule has 2 aliphatic rings. The summed E-state index contributed by atoms with van der Waals surface area (Å²) in [5.41, 5.74) is 7.66. The molecule has 0 N–H and O–H groups in total. The Morgan fingerprint density at radius 1 is 0.684 bits per heavy atom. The second kappa shape index (κ2) is 8.93. The van der Waals surface area contributed by atoms with Gasteiger partial charge in [0.25, 0.3) is 0 Å². The monoisotopic (exact) mass is 493 g/mol. The Balaban J connectivity index is 1.36. The topological polar surface area (TPSA) is 28.6 Å². The lowest BCUT2D eigenvalue weighted by molar-refractivity contribution is 0.479. The number of fused-ring (bicyclic) bond motifs is 3. The van der Waals surface area contributed by atoms with Gasteiger partial charge in [-0.25, -0.2) is 0 Å². The molecule has 184 valence electrons. The lowest BCUT2D eigenvalue weighted by atomic mass is 9.70. The molecule has 0 unspecified atom stereocenters. The third kappa shape index (κ3) is 3.49. The van der Waals surface area contributed by atoms with Gasteiger partial charge in [-0.05, 0) is 64.2 Å². The Labute approximate surface area is 223 Å². The summed E-state index contributed by atoms with van der Waals surface area (Å²) < 4.78 is 6.48. The van der Waals surface area contributed by atoms with Gasteiger partial charge < -0.3 is 14.5 Å². The normalized spacial score (nSPS) is 14.9. The van der Waals surface area contributed by atoms with Crippen molar-refractivity contribution in [3.63, 3.8) is 0 Å². The largest absolute Gasteiger partial charge is 0.457 e. The van der Waals surface area contributed by atoms with Crippen LogP contribution in [0, 0.1) is 0 Å². The van der Waals surface area contributed by atoms with Crippen LogP contribution in [0.25, 0.3) is 11.1 Å². The maximum absolute atomic E-state index is 6.48. The molecule has 4 heteroatoms. The number of ether oxygens (including phenoxy) is 1. The summed E-state index contributed by atoms with van der Waals surface area (Å²) in [6, 6.07) is 40.3. The van der Waals surface area contributed by atoms with E-state index in [1.54, 1.807) is 0 Å². The fourth-order valence-corrected chi connectivity index (χ4v) is 5.91. The van der Waals surface area contributed by atoms with Crippen LogP contribution in [0.5, 0.6) is 11.5 Å². The summed E-state index contributed by atoms with van der Waals surface area (Å²) in [4.78, 5) is 9.27. The van der Waals surface area contributed by atoms with Crippen molar-refractivity contribution in [3.8, 4) is 22.6 Å². The molecule has 0 bridgehead atoms. The Morgan fingerprint density at radius 2 is 1.37 bits per heavy atom. The average Bonchev–Trinajstić information content (AvgIpc) is 3.54. The molecule has 0 amide bonds. The highest BCUT2D eigenvalue weighted by Crippen LogP contribution is 2.55. The van der Waals surface area contributed by atoms with E-state index in [4.69, 9.17) is 9.72 Å². The van der Waals surface area contributed by atoms with E-state index < -0.39 is 5.41 Å². The van der Waals surface area contributed by atoms with Crippen LogP contribution >= 0.6 is 0 Å². The molecule has 7 rings (SSSR count). The van der Waals surface area contributed by atoms with E-state index >= 15 is 0 Å². The highest BCUT2D eigenvalue weighted by atomic mass is 16.5. The van der Waals surface area contributed by atoms with Gasteiger partial charge >= 0.3 is 0 Å². The van der Waals surface area contributed by atoms with Crippen LogP contribution in [0.4, 0.5) is 5.69 Å². The molecule has 0 atom stereocenters. The fraction of sp³-hybridized carbons (Fsp3) is 0.0882. The molecule has 1 aliphatic carbocycles. The molecule has 5 aromatic rings. The smallest absolute Gasteiger partial charge is 0.129 e. The van der Waals surface area contributed by atoms with E-state index in [9.17, 15) is 0 Å². The minimum absolute atomic E-state index is 0.541. The molecule has 2 heterocycles. The summed E-state index contributed by atoms with van der Waals surface area (Å²) in [7, 11) is 2.07. The number of nitrogens with zero attached hydrogens (tertiary/aromatic N) is 3. The molecular weight excluding hydrogens is 466 g/mol. The van der Waals surface area contributed by atoms with Crippen molar-refractivity contribution in [2.75, 3.05) is 18.6 Å². The Kier molecular flexibility index (Phi) is 5.26. The van der Waals surface area contributed by atoms with Crippen molar-refractivity contribution in [1.29, 1.82) is 0 Å². The number of benzene rings is 4. The summed E-state index contributed by atoms with van der Waals surface area (Å²) >= 11 is 0. The standard InChI is InChI=1S/C34H27N3O/c1-36-20-21-37(24-36)26-11-9-13-28(23-26)38-27-12-8-10-25(22-27)34(33-18-6-7-19-35-33)31-16-4-2-14-29(31)30-15-3-5-17-32(30)34/h2-23H,24H2,1H3. The van der Waals surface area contributed by atoms with E-state index in [0.717, 1.165) is 35.1 Å². The fourth-order valence-electron chi connectivity index (χ4n) is 5.91.